The zero-order valence-corrected chi connectivity index (χ0v) is 13.9. The Bertz CT molecular complexity index is 652. The third-order valence-corrected chi connectivity index (χ3v) is 4.61. The molecule has 0 bridgehead atoms. The molecule has 120 valence electrons. The molecule has 0 heterocycles. The molecule has 7 heteroatoms. The van der Waals surface area contributed by atoms with Crippen molar-refractivity contribution >= 4 is 15.9 Å². The van der Waals surface area contributed by atoms with E-state index in [1.54, 1.807) is 6.92 Å². The largest absolute Gasteiger partial charge is 0.337 e. The Labute approximate surface area is 131 Å². The maximum absolute atomic E-state index is 11.9. The minimum absolute atomic E-state index is 0.304. The average Bonchev–Trinajstić information content (AvgIpc) is 2.45. The van der Waals surface area contributed by atoms with E-state index >= 15 is 0 Å². The molecule has 1 atom stereocenters. The van der Waals surface area contributed by atoms with Crippen molar-refractivity contribution in [3.63, 3.8) is 0 Å². The number of amides is 1. The van der Waals surface area contributed by atoms with Crippen molar-refractivity contribution in [2.24, 2.45) is 0 Å². The van der Waals surface area contributed by atoms with Gasteiger partial charge in [0.2, 0.25) is 15.9 Å². The van der Waals surface area contributed by atoms with E-state index < -0.39 is 21.5 Å². The number of sulfonamides is 1. The Balaban J connectivity index is 2.63. The molecule has 1 N–H and O–H groups in total. The van der Waals surface area contributed by atoms with Gasteiger partial charge in [-0.2, -0.15) is 9.57 Å². The quantitative estimate of drug-likeness (QED) is 0.807. The standard InChI is InChI=1S/C15H21N3O3S/c1-15(12-16,10-9-13-7-5-4-6-8-13)17-14(19)11-18(2)22(3,20)21/h4-8H,9-11H2,1-3H3,(H,17,19)/t15-/m1/s1. The Morgan fingerprint density at radius 1 is 1.36 bits per heavy atom. The van der Waals surface area contributed by atoms with Gasteiger partial charge in [-0.05, 0) is 25.3 Å². The molecule has 6 nitrogen and oxygen atoms in total. The number of hydrogen-bond donors (Lipinski definition) is 1. The van der Waals surface area contributed by atoms with Crippen LogP contribution in [0, 0.1) is 11.3 Å². The zero-order valence-electron chi connectivity index (χ0n) is 13.0. The van der Waals surface area contributed by atoms with Crippen molar-refractivity contribution in [3.05, 3.63) is 35.9 Å². The second-order valence-corrected chi connectivity index (χ2v) is 7.59. The molecular formula is C15H21N3O3S. The molecule has 1 rings (SSSR count). The minimum Gasteiger partial charge on any atom is -0.337 e. The van der Waals surface area contributed by atoms with Crippen LogP contribution in [0.4, 0.5) is 0 Å². The third-order valence-electron chi connectivity index (χ3n) is 3.35. The molecule has 0 radical (unpaired) electrons. The lowest BCUT2D eigenvalue weighted by Crippen LogP contribution is -2.49. The van der Waals surface area contributed by atoms with Crippen LogP contribution < -0.4 is 5.32 Å². The molecule has 1 aromatic carbocycles. The third kappa shape index (κ3) is 5.84. The van der Waals surface area contributed by atoms with E-state index in [2.05, 4.69) is 11.4 Å². The number of rotatable bonds is 7. The van der Waals surface area contributed by atoms with Gasteiger partial charge in [0.1, 0.15) is 5.54 Å². The smallest absolute Gasteiger partial charge is 0.236 e. The monoisotopic (exact) mass is 323 g/mol. The number of hydrogen-bond acceptors (Lipinski definition) is 4. The summed E-state index contributed by atoms with van der Waals surface area (Å²) < 4.78 is 23.5. The summed E-state index contributed by atoms with van der Waals surface area (Å²) in [4.78, 5) is 11.9. The highest BCUT2D eigenvalue weighted by atomic mass is 32.2. The van der Waals surface area contributed by atoms with E-state index in [4.69, 9.17) is 0 Å². The van der Waals surface area contributed by atoms with E-state index in [0.717, 1.165) is 16.1 Å². The SMILES string of the molecule is CN(CC(=O)N[C@@](C)(C#N)CCc1ccccc1)S(C)(=O)=O. The fourth-order valence-corrected chi connectivity index (χ4v) is 2.20. The molecule has 1 amide bonds. The molecule has 0 spiro atoms. The van der Waals surface area contributed by atoms with Gasteiger partial charge in [-0.25, -0.2) is 8.42 Å². The maximum Gasteiger partial charge on any atom is 0.236 e. The summed E-state index contributed by atoms with van der Waals surface area (Å²) in [6, 6.07) is 11.7. The van der Waals surface area contributed by atoms with E-state index in [-0.39, 0.29) is 6.54 Å². The lowest BCUT2D eigenvalue weighted by Gasteiger charge is -2.24. The van der Waals surface area contributed by atoms with Crippen LogP contribution >= 0.6 is 0 Å². The highest BCUT2D eigenvalue weighted by Crippen LogP contribution is 2.13. The Morgan fingerprint density at radius 2 is 1.95 bits per heavy atom. The van der Waals surface area contributed by atoms with E-state index in [1.165, 1.54) is 7.05 Å². The highest BCUT2D eigenvalue weighted by molar-refractivity contribution is 7.88. The number of aryl methyl sites for hydroxylation is 1. The van der Waals surface area contributed by atoms with Gasteiger partial charge in [-0.1, -0.05) is 30.3 Å². The van der Waals surface area contributed by atoms with E-state index in [0.29, 0.717) is 12.8 Å². The molecule has 0 fully saturated rings. The first-order chi connectivity index (χ1) is 10.2. The number of nitriles is 1. The summed E-state index contributed by atoms with van der Waals surface area (Å²) in [5, 5.41) is 11.9. The normalized spacial score (nSPS) is 14.1. The molecule has 0 aliphatic carbocycles. The first-order valence-corrected chi connectivity index (χ1v) is 8.68. The van der Waals surface area contributed by atoms with Crippen LogP contribution in [0.3, 0.4) is 0 Å². The second-order valence-electron chi connectivity index (χ2n) is 5.50. The van der Waals surface area contributed by atoms with Crippen LogP contribution in [0.2, 0.25) is 0 Å². The number of carbonyl (C=O) groups is 1. The summed E-state index contributed by atoms with van der Waals surface area (Å²) in [6.45, 7) is 1.33. The van der Waals surface area contributed by atoms with Crippen molar-refractivity contribution in [1.29, 1.82) is 5.26 Å². The summed E-state index contributed by atoms with van der Waals surface area (Å²) >= 11 is 0. The van der Waals surface area contributed by atoms with Crippen molar-refractivity contribution in [3.8, 4) is 6.07 Å². The lowest BCUT2D eigenvalue weighted by atomic mass is 9.94. The predicted octanol–water partition coefficient (Wildman–Crippen LogP) is 0.909. The van der Waals surface area contributed by atoms with Crippen LogP contribution in [-0.2, 0) is 21.2 Å². The summed E-state index contributed by atoms with van der Waals surface area (Å²) in [5.41, 5.74) is 0.0390. The number of nitrogens with one attached hydrogen (secondary N) is 1. The fraction of sp³-hybridized carbons (Fsp3) is 0.467. The summed E-state index contributed by atoms with van der Waals surface area (Å²) in [6.07, 6.45) is 2.12. The molecule has 1 aromatic rings. The number of likely N-dealkylation sites (N-methyl/N-ethyl adjacent to an activating group) is 1. The maximum atomic E-state index is 11.9. The number of carbonyl (C=O) groups excluding carboxylic acids is 1. The van der Waals surface area contributed by atoms with Crippen molar-refractivity contribution in [2.75, 3.05) is 19.8 Å². The van der Waals surface area contributed by atoms with Gasteiger partial charge >= 0.3 is 0 Å². The minimum atomic E-state index is -3.43. The molecule has 0 aliphatic heterocycles. The highest BCUT2D eigenvalue weighted by Gasteiger charge is 2.27. The van der Waals surface area contributed by atoms with Crippen molar-refractivity contribution < 1.29 is 13.2 Å². The first kappa shape index (κ1) is 18.1. The molecule has 22 heavy (non-hydrogen) atoms. The van der Waals surface area contributed by atoms with Gasteiger partial charge in [-0.3, -0.25) is 4.79 Å². The Hall–Kier alpha value is -1.91. The van der Waals surface area contributed by atoms with Crippen LogP contribution in [0.1, 0.15) is 18.9 Å². The van der Waals surface area contributed by atoms with Crippen molar-refractivity contribution in [2.45, 2.75) is 25.3 Å². The van der Waals surface area contributed by atoms with Gasteiger partial charge in [0, 0.05) is 7.05 Å². The molecular weight excluding hydrogens is 302 g/mol. The van der Waals surface area contributed by atoms with E-state index in [9.17, 15) is 18.5 Å². The van der Waals surface area contributed by atoms with Crippen LogP contribution in [0.25, 0.3) is 0 Å². The zero-order chi connectivity index (χ0) is 16.8. The van der Waals surface area contributed by atoms with Crippen LogP contribution in [-0.4, -0.2) is 44.0 Å². The summed E-state index contributed by atoms with van der Waals surface area (Å²) in [7, 11) is -2.10. The van der Waals surface area contributed by atoms with Gasteiger partial charge in [-0.15, -0.1) is 0 Å². The number of benzene rings is 1. The second kappa shape index (κ2) is 7.38. The molecule has 0 saturated carbocycles. The van der Waals surface area contributed by atoms with Gasteiger partial charge in [0.15, 0.2) is 0 Å². The lowest BCUT2D eigenvalue weighted by molar-refractivity contribution is -0.122. The van der Waals surface area contributed by atoms with E-state index in [1.807, 2.05) is 30.3 Å². The molecule has 0 saturated heterocycles. The first-order valence-electron chi connectivity index (χ1n) is 6.84. The van der Waals surface area contributed by atoms with Crippen LogP contribution in [0.15, 0.2) is 30.3 Å². The fourth-order valence-electron chi connectivity index (χ4n) is 1.85. The number of nitrogens with zero attached hydrogens (tertiary/aromatic N) is 2. The summed E-state index contributed by atoms with van der Waals surface area (Å²) in [5.74, 6) is -0.495. The Kier molecular flexibility index (Phi) is 6.09. The average molecular weight is 323 g/mol. The van der Waals surface area contributed by atoms with Gasteiger partial charge in [0.05, 0.1) is 18.9 Å². The predicted molar refractivity (Wildman–Crippen MR) is 84.4 cm³/mol. The molecule has 0 aliphatic rings. The van der Waals surface area contributed by atoms with Gasteiger partial charge < -0.3 is 5.32 Å². The van der Waals surface area contributed by atoms with Crippen molar-refractivity contribution in [1.82, 2.24) is 9.62 Å². The Morgan fingerprint density at radius 3 is 2.45 bits per heavy atom. The van der Waals surface area contributed by atoms with Crippen LogP contribution in [0.5, 0.6) is 0 Å². The topological polar surface area (TPSA) is 90.3 Å². The molecule has 0 unspecified atom stereocenters. The molecule has 0 aromatic heterocycles. The van der Waals surface area contributed by atoms with Gasteiger partial charge in [0.25, 0.3) is 0 Å².